The number of nitrogens with zero attached hydrogens (tertiary/aromatic N) is 1. The topological polar surface area (TPSA) is 42.0 Å². The summed E-state index contributed by atoms with van der Waals surface area (Å²) in [6.07, 6.45) is 3.20. The standard InChI is InChI=1S/C14H14N2O/c1-3-5-13(17)16-12-7-4-6-11-9-8-10(2)15-14(11)12/h3-9H,1-2H3,(H,16,17)/b5-3+. The van der Waals surface area contributed by atoms with Crippen LogP contribution in [0.25, 0.3) is 10.9 Å². The lowest BCUT2D eigenvalue weighted by molar-refractivity contribution is -0.111. The maximum absolute atomic E-state index is 11.5. The van der Waals surface area contributed by atoms with Crippen molar-refractivity contribution in [3.63, 3.8) is 0 Å². The van der Waals surface area contributed by atoms with Gasteiger partial charge in [0.05, 0.1) is 11.2 Å². The Morgan fingerprint density at radius 1 is 1.29 bits per heavy atom. The number of para-hydroxylation sites is 1. The highest BCUT2D eigenvalue weighted by molar-refractivity contribution is 6.04. The number of hydrogen-bond donors (Lipinski definition) is 1. The lowest BCUT2D eigenvalue weighted by Crippen LogP contribution is -2.08. The van der Waals surface area contributed by atoms with Crippen molar-refractivity contribution in [2.75, 3.05) is 5.32 Å². The van der Waals surface area contributed by atoms with Crippen molar-refractivity contribution in [3.8, 4) is 0 Å². The predicted molar refractivity (Wildman–Crippen MR) is 69.9 cm³/mol. The Kier molecular flexibility index (Phi) is 3.19. The monoisotopic (exact) mass is 226 g/mol. The smallest absolute Gasteiger partial charge is 0.248 e. The summed E-state index contributed by atoms with van der Waals surface area (Å²) in [5.41, 5.74) is 2.50. The van der Waals surface area contributed by atoms with Gasteiger partial charge in [0.25, 0.3) is 0 Å². The van der Waals surface area contributed by atoms with Crippen LogP contribution in [0.3, 0.4) is 0 Å². The first kappa shape index (κ1) is 11.3. The molecule has 2 aromatic rings. The molecule has 0 atom stereocenters. The third-order valence-corrected chi connectivity index (χ3v) is 2.44. The van der Waals surface area contributed by atoms with E-state index >= 15 is 0 Å². The van der Waals surface area contributed by atoms with E-state index in [1.165, 1.54) is 6.08 Å². The lowest BCUT2D eigenvalue weighted by Gasteiger charge is -2.06. The summed E-state index contributed by atoms with van der Waals surface area (Å²) in [6, 6.07) is 9.71. The molecule has 1 amide bonds. The van der Waals surface area contributed by atoms with Crippen LogP contribution in [0.15, 0.2) is 42.5 Å². The second kappa shape index (κ2) is 4.78. The van der Waals surface area contributed by atoms with E-state index in [9.17, 15) is 4.79 Å². The van der Waals surface area contributed by atoms with Gasteiger partial charge in [-0.05, 0) is 32.1 Å². The molecule has 1 aromatic carbocycles. The zero-order chi connectivity index (χ0) is 12.3. The first-order valence-electron chi connectivity index (χ1n) is 5.51. The minimum atomic E-state index is -0.136. The molecule has 3 nitrogen and oxygen atoms in total. The number of aryl methyl sites for hydroxylation is 1. The number of amides is 1. The fraction of sp³-hybridized carbons (Fsp3) is 0.143. The molecule has 0 spiro atoms. The fourth-order valence-electron chi connectivity index (χ4n) is 1.67. The molecule has 0 aliphatic rings. The Bertz CT molecular complexity index is 588. The Hall–Kier alpha value is -2.16. The molecule has 0 fully saturated rings. The summed E-state index contributed by atoms with van der Waals surface area (Å²) >= 11 is 0. The van der Waals surface area contributed by atoms with Gasteiger partial charge in [-0.1, -0.05) is 24.3 Å². The second-order valence-corrected chi connectivity index (χ2v) is 3.82. The molecule has 0 aliphatic heterocycles. The molecule has 1 N–H and O–H groups in total. The summed E-state index contributed by atoms with van der Waals surface area (Å²) in [6.45, 7) is 3.75. The molecule has 0 aliphatic carbocycles. The van der Waals surface area contributed by atoms with Crippen molar-refractivity contribution in [3.05, 3.63) is 48.2 Å². The van der Waals surface area contributed by atoms with Crippen LogP contribution in [-0.2, 0) is 4.79 Å². The molecule has 0 unspecified atom stereocenters. The summed E-state index contributed by atoms with van der Waals surface area (Å²) in [5.74, 6) is -0.136. The Morgan fingerprint density at radius 2 is 2.12 bits per heavy atom. The van der Waals surface area contributed by atoms with Gasteiger partial charge in [0.15, 0.2) is 0 Å². The molecule has 0 saturated heterocycles. The van der Waals surface area contributed by atoms with E-state index in [2.05, 4.69) is 10.3 Å². The quantitative estimate of drug-likeness (QED) is 0.800. The zero-order valence-electron chi connectivity index (χ0n) is 9.90. The molecular formula is C14H14N2O. The number of pyridine rings is 1. The molecule has 3 heteroatoms. The predicted octanol–water partition coefficient (Wildman–Crippen LogP) is 3.06. The van der Waals surface area contributed by atoms with Crippen LogP contribution >= 0.6 is 0 Å². The second-order valence-electron chi connectivity index (χ2n) is 3.82. The van der Waals surface area contributed by atoms with Crippen molar-refractivity contribution in [2.45, 2.75) is 13.8 Å². The minimum absolute atomic E-state index is 0.136. The first-order chi connectivity index (χ1) is 8.20. The average Bonchev–Trinajstić information content (AvgIpc) is 2.30. The van der Waals surface area contributed by atoms with Gasteiger partial charge in [0.2, 0.25) is 5.91 Å². The maximum Gasteiger partial charge on any atom is 0.248 e. The van der Waals surface area contributed by atoms with Gasteiger partial charge < -0.3 is 5.32 Å². The van der Waals surface area contributed by atoms with Gasteiger partial charge in [-0.2, -0.15) is 0 Å². The van der Waals surface area contributed by atoms with Crippen molar-refractivity contribution in [1.82, 2.24) is 4.98 Å². The summed E-state index contributed by atoms with van der Waals surface area (Å²) in [7, 11) is 0. The Balaban J connectivity index is 2.46. The molecule has 2 rings (SSSR count). The van der Waals surface area contributed by atoms with Gasteiger partial charge in [0.1, 0.15) is 0 Å². The van der Waals surface area contributed by atoms with E-state index in [0.717, 1.165) is 22.3 Å². The van der Waals surface area contributed by atoms with Crippen LogP contribution in [0.2, 0.25) is 0 Å². The van der Waals surface area contributed by atoms with Gasteiger partial charge in [0, 0.05) is 11.1 Å². The van der Waals surface area contributed by atoms with Crippen LogP contribution in [0.1, 0.15) is 12.6 Å². The summed E-state index contributed by atoms with van der Waals surface area (Å²) in [5, 5.41) is 3.85. The fourth-order valence-corrected chi connectivity index (χ4v) is 1.67. The first-order valence-corrected chi connectivity index (χ1v) is 5.51. The number of aromatic nitrogens is 1. The largest absolute Gasteiger partial charge is 0.321 e. The van der Waals surface area contributed by atoms with Crippen molar-refractivity contribution >= 4 is 22.5 Å². The number of carbonyl (C=O) groups excluding carboxylic acids is 1. The average molecular weight is 226 g/mol. The van der Waals surface area contributed by atoms with E-state index in [4.69, 9.17) is 0 Å². The van der Waals surface area contributed by atoms with Crippen LogP contribution < -0.4 is 5.32 Å². The number of carbonyl (C=O) groups is 1. The van der Waals surface area contributed by atoms with Crippen LogP contribution in [0.4, 0.5) is 5.69 Å². The molecule has 1 aromatic heterocycles. The SMILES string of the molecule is C/C=C/C(=O)Nc1cccc2ccc(C)nc12. The number of anilines is 1. The minimum Gasteiger partial charge on any atom is -0.321 e. The van der Waals surface area contributed by atoms with Gasteiger partial charge in [-0.15, -0.1) is 0 Å². The van der Waals surface area contributed by atoms with Crippen molar-refractivity contribution in [2.24, 2.45) is 0 Å². The van der Waals surface area contributed by atoms with Crippen LogP contribution in [-0.4, -0.2) is 10.9 Å². The number of rotatable bonds is 2. The van der Waals surface area contributed by atoms with E-state index in [-0.39, 0.29) is 5.91 Å². The third-order valence-electron chi connectivity index (χ3n) is 2.44. The van der Waals surface area contributed by atoms with E-state index in [1.807, 2.05) is 44.2 Å². The highest BCUT2D eigenvalue weighted by atomic mass is 16.1. The number of fused-ring (bicyclic) bond motifs is 1. The van der Waals surface area contributed by atoms with Crippen LogP contribution in [0.5, 0.6) is 0 Å². The Labute approximate surface area is 100 Å². The molecular weight excluding hydrogens is 212 g/mol. The highest BCUT2D eigenvalue weighted by Gasteiger charge is 2.04. The molecule has 1 heterocycles. The number of nitrogens with one attached hydrogen (secondary N) is 1. The van der Waals surface area contributed by atoms with Gasteiger partial charge in [-0.3, -0.25) is 9.78 Å². The maximum atomic E-state index is 11.5. The highest BCUT2D eigenvalue weighted by Crippen LogP contribution is 2.21. The summed E-state index contributed by atoms with van der Waals surface area (Å²) in [4.78, 5) is 16.0. The zero-order valence-corrected chi connectivity index (χ0v) is 9.90. The molecule has 0 saturated carbocycles. The lowest BCUT2D eigenvalue weighted by atomic mass is 10.1. The molecule has 86 valence electrons. The molecule has 0 radical (unpaired) electrons. The van der Waals surface area contributed by atoms with Crippen LogP contribution in [0, 0.1) is 6.92 Å². The summed E-state index contributed by atoms with van der Waals surface area (Å²) < 4.78 is 0. The van der Waals surface area contributed by atoms with E-state index in [0.29, 0.717) is 0 Å². The van der Waals surface area contributed by atoms with Gasteiger partial charge in [-0.25, -0.2) is 0 Å². The van der Waals surface area contributed by atoms with Crippen molar-refractivity contribution in [1.29, 1.82) is 0 Å². The Morgan fingerprint density at radius 3 is 2.88 bits per heavy atom. The number of benzene rings is 1. The number of hydrogen-bond acceptors (Lipinski definition) is 2. The molecule has 17 heavy (non-hydrogen) atoms. The van der Waals surface area contributed by atoms with E-state index < -0.39 is 0 Å². The van der Waals surface area contributed by atoms with E-state index in [1.54, 1.807) is 6.08 Å². The molecule has 0 bridgehead atoms. The number of allylic oxidation sites excluding steroid dienone is 1. The van der Waals surface area contributed by atoms with Gasteiger partial charge >= 0.3 is 0 Å². The third kappa shape index (κ3) is 2.50. The van der Waals surface area contributed by atoms with Crippen molar-refractivity contribution < 1.29 is 4.79 Å². The normalized spacial score (nSPS) is 10.9.